The molecule has 2 atom stereocenters. The van der Waals surface area contributed by atoms with Gasteiger partial charge in [-0.05, 0) is 44.2 Å². The SMILES string of the molecule is CCN1C(NCCCNC(C)=O)CC(C)=NC1NC(=O)Nc1ccc(OC(F)(F)F)cc1. The van der Waals surface area contributed by atoms with Crippen molar-refractivity contribution in [1.82, 2.24) is 20.9 Å². The number of nitrogens with one attached hydrogen (secondary N) is 4. The average Bonchev–Trinajstić information content (AvgIpc) is 2.67. The molecule has 4 N–H and O–H groups in total. The molecule has 2 unspecified atom stereocenters. The summed E-state index contributed by atoms with van der Waals surface area (Å²) in [5.41, 5.74) is 1.18. The van der Waals surface area contributed by atoms with Gasteiger partial charge in [-0.25, -0.2) is 9.69 Å². The lowest BCUT2D eigenvalue weighted by Gasteiger charge is -2.39. The molecule has 2 rings (SSSR count). The number of halogens is 3. The summed E-state index contributed by atoms with van der Waals surface area (Å²) in [5, 5.41) is 11.5. The van der Waals surface area contributed by atoms with Crippen molar-refractivity contribution in [2.45, 2.75) is 52.4 Å². The van der Waals surface area contributed by atoms with E-state index >= 15 is 0 Å². The van der Waals surface area contributed by atoms with Crippen LogP contribution in [-0.4, -0.2) is 61.0 Å². The molecule has 0 aromatic heterocycles. The topological polar surface area (TPSA) is 107 Å². The number of carbonyl (C=O) groups excluding carboxylic acids is 2. The van der Waals surface area contributed by atoms with Crippen molar-refractivity contribution in [3.05, 3.63) is 24.3 Å². The Kier molecular flexibility index (Phi) is 9.27. The number of alkyl halides is 3. The fourth-order valence-electron chi connectivity index (χ4n) is 3.25. The Balaban J connectivity index is 1.91. The highest BCUT2D eigenvalue weighted by Crippen LogP contribution is 2.24. The number of amides is 3. The highest BCUT2D eigenvalue weighted by Gasteiger charge is 2.31. The van der Waals surface area contributed by atoms with Crippen LogP contribution in [0.25, 0.3) is 0 Å². The molecule has 32 heavy (non-hydrogen) atoms. The number of nitrogens with zero attached hydrogens (tertiary/aromatic N) is 2. The van der Waals surface area contributed by atoms with Crippen molar-refractivity contribution in [3.8, 4) is 5.75 Å². The van der Waals surface area contributed by atoms with Crippen molar-refractivity contribution >= 4 is 23.3 Å². The van der Waals surface area contributed by atoms with E-state index in [0.717, 1.165) is 24.3 Å². The average molecular weight is 458 g/mol. The van der Waals surface area contributed by atoms with Crippen LogP contribution in [0.5, 0.6) is 5.75 Å². The van der Waals surface area contributed by atoms with Gasteiger partial charge in [0.05, 0.1) is 6.17 Å². The summed E-state index contributed by atoms with van der Waals surface area (Å²) in [5.74, 6) is -0.445. The number of hydrogen-bond acceptors (Lipinski definition) is 6. The highest BCUT2D eigenvalue weighted by atomic mass is 19.4. The summed E-state index contributed by atoms with van der Waals surface area (Å²) in [6.07, 6.45) is -3.97. The zero-order chi connectivity index (χ0) is 23.7. The lowest BCUT2D eigenvalue weighted by molar-refractivity contribution is -0.274. The van der Waals surface area contributed by atoms with Crippen LogP contribution in [0, 0.1) is 0 Å². The molecule has 0 saturated carbocycles. The standard InChI is InChI=1S/C20H29F3N6O3/c1-4-29-17(25-11-5-10-24-14(3)30)12-13(2)26-18(29)28-19(31)27-15-6-8-16(9-7-15)32-20(21,22)23/h6-9,17-18,25H,4-5,10-12H2,1-3H3,(H,24,30)(H2,27,28,31). The number of anilines is 1. The number of rotatable bonds is 9. The van der Waals surface area contributed by atoms with Crippen molar-refractivity contribution in [2.75, 3.05) is 25.0 Å². The summed E-state index contributed by atoms with van der Waals surface area (Å²) in [6.45, 7) is 7.18. The molecule has 3 amide bonds. The van der Waals surface area contributed by atoms with Crippen molar-refractivity contribution < 1.29 is 27.5 Å². The first-order chi connectivity index (χ1) is 15.1. The van der Waals surface area contributed by atoms with Crippen LogP contribution in [0.3, 0.4) is 0 Å². The molecule has 12 heteroatoms. The van der Waals surface area contributed by atoms with Crippen LogP contribution >= 0.6 is 0 Å². The van der Waals surface area contributed by atoms with Crippen LogP contribution in [0.15, 0.2) is 29.3 Å². The Morgan fingerprint density at radius 1 is 1.22 bits per heavy atom. The van der Waals surface area contributed by atoms with Gasteiger partial charge in [0.15, 0.2) is 6.29 Å². The quantitative estimate of drug-likeness (QED) is 0.426. The highest BCUT2D eigenvalue weighted by molar-refractivity contribution is 5.90. The van der Waals surface area contributed by atoms with Gasteiger partial charge >= 0.3 is 12.4 Å². The summed E-state index contributed by atoms with van der Waals surface area (Å²) in [4.78, 5) is 29.9. The first-order valence-corrected chi connectivity index (χ1v) is 10.3. The van der Waals surface area contributed by atoms with E-state index in [1.807, 2.05) is 18.7 Å². The minimum absolute atomic E-state index is 0.0427. The Morgan fingerprint density at radius 3 is 2.50 bits per heavy atom. The number of aliphatic imine (C=N–C) groups is 1. The molecule has 0 spiro atoms. The number of hydrogen-bond donors (Lipinski definition) is 4. The molecule has 9 nitrogen and oxygen atoms in total. The van der Waals surface area contributed by atoms with Crippen LogP contribution in [0.1, 0.15) is 33.6 Å². The van der Waals surface area contributed by atoms with E-state index < -0.39 is 18.7 Å². The minimum Gasteiger partial charge on any atom is -0.406 e. The van der Waals surface area contributed by atoms with Gasteiger partial charge in [0, 0.05) is 37.8 Å². The van der Waals surface area contributed by atoms with E-state index in [-0.39, 0.29) is 17.8 Å². The molecule has 0 fully saturated rings. The third-order valence-electron chi connectivity index (χ3n) is 4.62. The van der Waals surface area contributed by atoms with Gasteiger partial charge in [-0.1, -0.05) is 6.92 Å². The molecule has 1 heterocycles. The molecule has 178 valence electrons. The van der Waals surface area contributed by atoms with E-state index in [4.69, 9.17) is 0 Å². The van der Waals surface area contributed by atoms with E-state index in [0.29, 0.717) is 31.7 Å². The third-order valence-corrected chi connectivity index (χ3v) is 4.62. The van der Waals surface area contributed by atoms with Gasteiger partial charge < -0.3 is 26.0 Å². The van der Waals surface area contributed by atoms with Gasteiger partial charge in [-0.2, -0.15) is 0 Å². The van der Waals surface area contributed by atoms with Gasteiger partial charge in [0.2, 0.25) is 5.91 Å². The molecule has 0 radical (unpaired) electrons. The molecular weight excluding hydrogens is 429 g/mol. The Hall–Kier alpha value is -2.86. The van der Waals surface area contributed by atoms with Crippen molar-refractivity contribution in [1.29, 1.82) is 0 Å². The van der Waals surface area contributed by atoms with Gasteiger partial charge in [-0.3, -0.25) is 9.79 Å². The maximum Gasteiger partial charge on any atom is 0.573 e. The fourth-order valence-corrected chi connectivity index (χ4v) is 3.25. The lowest BCUT2D eigenvalue weighted by Crippen LogP contribution is -2.59. The maximum atomic E-state index is 12.4. The Bertz CT molecular complexity index is 801. The van der Waals surface area contributed by atoms with Crippen LogP contribution < -0.4 is 26.0 Å². The number of urea groups is 1. The number of benzene rings is 1. The smallest absolute Gasteiger partial charge is 0.406 e. The molecule has 1 aromatic carbocycles. The number of carbonyl (C=O) groups is 2. The normalized spacial score (nSPS) is 19.1. The zero-order valence-electron chi connectivity index (χ0n) is 18.3. The largest absolute Gasteiger partial charge is 0.573 e. The maximum absolute atomic E-state index is 12.4. The van der Waals surface area contributed by atoms with E-state index in [1.54, 1.807) is 0 Å². The van der Waals surface area contributed by atoms with Gasteiger partial charge in [0.1, 0.15) is 5.75 Å². The molecule has 1 aliphatic heterocycles. The monoisotopic (exact) mass is 458 g/mol. The van der Waals surface area contributed by atoms with Crippen LogP contribution in [-0.2, 0) is 4.79 Å². The second kappa shape index (κ2) is 11.7. The molecule has 0 saturated heterocycles. The van der Waals surface area contributed by atoms with Crippen LogP contribution in [0.2, 0.25) is 0 Å². The van der Waals surface area contributed by atoms with Crippen molar-refractivity contribution in [3.63, 3.8) is 0 Å². The summed E-state index contributed by atoms with van der Waals surface area (Å²) in [7, 11) is 0. The summed E-state index contributed by atoms with van der Waals surface area (Å²) < 4.78 is 40.6. The molecule has 1 aliphatic rings. The van der Waals surface area contributed by atoms with Crippen molar-refractivity contribution in [2.24, 2.45) is 4.99 Å². The summed E-state index contributed by atoms with van der Waals surface area (Å²) >= 11 is 0. The fraction of sp³-hybridized carbons (Fsp3) is 0.550. The second-order valence-electron chi connectivity index (χ2n) is 7.25. The number of ether oxygens (including phenoxy) is 1. The Labute approximate surface area is 184 Å². The van der Waals surface area contributed by atoms with Gasteiger partial charge in [-0.15, -0.1) is 13.2 Å². The van der Waals surface area contributed by atoms with Crippen LogP contribution in [0.4, 0.5) is 23.7 Å². The minimum atomic E-state index is -4.78. The molecular formula is C20H29F3N6O3. The van der Waals surface area contributed by atoms with E-state index in [9.17, 15) is 22.8 Å². The lowest BCUT2D eigenvalue weighted by atomic mass is 10.1. The van der Waals surface area contributed by atoms with E-state index in [1.165, 1.54) is 19.1 Å². The zero-order valence-corrected chi connectivity index (χ0v) is 18.3. The molecule has 1 aromatic rings. The third kappa shape index (κ3) is 8.71. The predicted octanol–water partition coefficient (Wildman–Crippen LogP) is 2.62. The first kappa shape index (κ1) is 25.4. The predicted molar refractivity (Wildman–Crippen MR) is 114 cm³/mol. The second-order valence-corrected chi connectivity index (χ2v) is 7.25. The van der Waals surface area contributed by atoms with Gasteiger partial charge in [0.25, 0.3) is 0 Å². The first-order valence-electron chi connectivity index (χ1n) is 10.3. The molecule has 0 bridgehead atoms. The summed E-state index contributed by atoms with van der Waals surface area (Å²) in [6, 6.07) is 4.32. The molecule has 0 aliphatic carbocycles. The van der Waals surface area contributed by atoms with E-state index in [2.05, 4.69) is 31.0 Å². The Morgan fingerprint density at radius 2 is 1.91 bits per heavy atom.